The van der Waals surface area contributed by atoms with Gasteiger partial charge in [-0.15, -0.1) is 0 Å². The van der Waals surface area contributed by atoms with Gasteiger partial charge in [0.15, 0.2) is 0 Å². The highest BCUT2D eigenvalue weighted by molar-refractivity contribution is 5.38. The minimum Gasteiger partial charge on any atom is -0.357 e. The van der Waals surface area contributed by atoms with Gasteiger partial charge >= 0.3 is 0 Å². The second-order valence-corrected chi connectivity index (χ2v) is 5.77. The van der Waals surface area contributed by atoms with Crippen LogP contribution in [0.4, 0.5) is 5.82 Å². The molecule has 0 amide bonds. The SMILES string of the molecule is C[C@@H](NC1CCN(c2ccccn2)CC1)c1cncn1C. The van der Waals surface area contributed by atoms with Crippen molar-refractivity contribution < 1.29 is 0 Å². The van der Waals surface area contributed by atoms with E-state index in [0.717, 1.165) is 31.7 Å². The molecule has 5 nitrogen and oxygen atoms in total. The van der Waals surface area contributed by atoms with Crippen molar-refractivity contribution >= 4 is 5.82 Å². The lowest BCUT2D eigenvalue weighted by Gasteiger charge is -2.34. The van der Waals surface area contributed by atoms with Crippen molar-refractivity contribution in [2.24, 2.45) is 7.05 Å². The van der Waals surface area contributed by atoms with Gasteiger partial charge in [-0.2, -0.15) is 0 Å². The largest absolute Gasteiger partial charge is 0.357 e. The molecule has 2 aromatic rings. The molecule has 1 N–H and O–H groups in total. The Labute approximate surface area is 126 Å². The third-order valence-corrected chi connectivity index (χ3v) is 4.25. The summed E-state index contributed by atoms with van der Waals surface area (Å²) in [5, 5.41) is 3.73. The van der Waals surface area contributed by atoms with Gasteiger partial charge in [0.2, 0.25) is 0 Å². The minimum absolute atomic E-state index is 0.337. The molecule has 1 saturated heterocycles. The summed E-state index contributed by atoms with van der Waals surface area (Å²) in [4.78, 5) is 11.0. The van der Waals surface area contributed by atoms with E-state index in [1.807, 2.05) is 31.8 Å². The molecule has 3 rings (SSSR count). The average molecular weight is 285 g/mol. The molecule has 1 aliphatic heterocycles. The fraction of sp³-hybridized carbons (Fsp3) is 0.500. The average Bonchev–Trinajstić information content (AvgIpc) is 2.95. The maximum atomic E-state index is 4.43. The summed E-state index contributed by atoms with van der Waals surface area (Å²) < 4.78 is 2.08. The smallest absolute Gasteiger partial charge is 0.128 e. The van der Waals surface area contributed by atoms with Crippen molar-refractivity contribution in [3.05, 3.63) is 42.6 Å². The number of pyridine rings is 1. The second-order valence-electron chi connectivity index (χ2n) is 5.77. The van der Waals surface area contributed by atoms with Crippen LogP contribution in [0.3, 0.4) is 0 Å². The molecule has 2 aromatic heterocycles. The van der Waals surface area contributed by atoms with E-state index >= 15 is 0 Å². The van der Waals surface area contributed by atoms with E-state index in [-0.39, 0.29) is 0 Å². The van der Waals surface area contributed by atoms with Gasteiger partial charge in [0, 0.05) is 44.6 Å². The fourth-order valence-electron chi connectivity index (χ4n) is 3.04. The Hall–Kier alpha value is -1.88. The number of rotatable bonds is 4. The van der Waals surface area contributed by atoms with E-state index in [1.165, 1.54) is 5.69 Å². The summed E-state index contributed by atoms with van der Waals surface area (Å²) >= 11 is 0. The number of nitrogens with zero attached hydrogens (tertiary/aromatic N) is 4. The highest BCUT2D eigenvalue weighted by Crippen LogP contribution is 2.20. The van der Waals surface area contributed by atoms with Gasteiger partial charge in [-0.1, -0.05) is 6.07 Å². The lowest BCUT2D eigenvalue weighted by atomic mass is 10.0. The molecule has 0 spiro atoms. The summed E-state index contributed by atoms with van der Waals surface area (Å²) in [6, 6.07) is 7.01. The number of hydrogen-bond acceptors (Lipinski definition) is 4. The molecule has 1 atom stereocenters. The maximum Gasteiger partial charge on any atom is 0.128 e. The zero-order chi connectivity index (χ0) is 14.7. The molecule has 0 saturated carbocycles. The van der Waals surface area contributed by atoms with Crippen LogP contribution in [0.5, 0.6) is 0 Å². The van der Waals surface area contributed by atoms with Gasteiger partial charge in [-0.3, -0.25) is 0 Å². The topological polar surface area (TPSA) is 46.0 Å². The minimum atomic E-state index is 0.337. The van der Waals surface area contributed by atoms with Crippen LogP contribution in [0.15, 0.2) is 36.9 Å². The van der Waals surface area contributed by atoms with Crippen molar-refractivity contribution in [2.75, 3.05) is 18.0 Å². The Balaban J connectivity index is 1.53. The zero-order valence-electron chi connectivity index (χ0n) is 12.7. The first-order valence-electron chi connectivity index (χ1n) is 7.62. The molecule has 1 fully saturated rings. The van der Waals surface area contributed by atoms with Gasteiger partial charge in [0.05, 0.1) is 12.0 Å². The third kappa shape index (κ3) is 3.24. The van der Waals surface area contributed by atoms with Crippen molar-refractivity contribution in [2.45, 2.75) is 31.8 Å². The van der Waals surface area contributed by atoms with Gasteiger partial charge in [0.1, 0.15) is 5.82 Å². The first-order chi connectivity index (χ1) is 10.2. The van der Waals surface area contributed by atoms with Crippen molar-refractivity contribution in [1.29, 1.82) is 0 Å². The van der Waals surface area contributed by atoms with Crippen LogP contribution in [0.25, 0.3) is 0 Å². The van der Waals surface area contributed by atoms with Crippen LogP contribution in [-0.2, 0) is 7.05 Å². The summed E-state index contributed by atoms with van der Waals surface area (Å²) in [7, 11) is 2.05. The van der Waals surface area contributed by atoms with Crippen molar-refractivity contribution in [3.8, 4) is 0 Å². The summed E-state index contributed by atoms with van der Waals surface area (Å²) in [6.45, 7) is 4.34. The molecule has 3 heterocycles. The zero-order valence-corrected chi connectivity index (χ0v) is 12.7. The normalized spacial score (nSPS) is 17.9. The van der Waals surface area contributed by atoms with E-state index in [0.29, 0.717) is 12.1 Å². The first-order valence-corrected chi connectivity index (χ1v) is 7.62. The van der Waals surface area contributed by atoms with Gasteiger partial charge in [0.25, 0.3) is 0 Å². The molecule has 0 aliphatic carbocycles. The monoisotopic (exact) mass is 285 g/mol. The quantitative estimate of drug-likeness (QED) is 0.935. The van der Waals surface area contributed by atoms with E-state index in [4.69, 9.17) is 0 Å². The van der Waals surface area contributed by atoms with Crippen LogP contribution in [0.2, 0.25) is 0 Å². The van der Waals surface area contributed by atoms with E-state index in [9.17, 15) is 0 Å². The number of hydrogen-bond donors (Lipinski definition) is 1. The van der Waals surface area contributed by atoms with Gasteiger partial charge in [-0.05, 0) is 31.9 Å². The number of aryl methyl sites for hydroxylation is 1. The summed E-state index contributed by atoms with van der Waals surface area (Å²) in [6.07, 6.45) is 7.97. The molecule has 0 bridgehead atoms. The Morgan fingerprint density at radius 1 is 1.29 bits per heavy atom. The van der Waals surface area contributed by atoms with E-state index in [2.05, 4.69) is 43.8 Å². The number of aromatic nitrogens is 3. The Kier molecular flexibility index (Phi) is 4.20. The summed E-state index contributed by atoms with van der Waals surface area (Å²) in [5.41, 5.74) is 1.24. The van der Waals surface area contributed by atoms with Crippen LogP contribution < -0.4 is 10.2 Å². The Morgan fingerprint density at radius 2 is 2.10 bits per heavy atom. The van der Waals surface area contributed by atoms with E-state index < -0.39 is 0 Å². The number of anilines is 1. The predicted octanol–water partition coefficient (Wildman–Crippen LogP) is 2.13. The molecule has 112 valence electrons. The van der Waals surface area contributed by atoms with Crippen LogP contribution in [0.1, 0.15) is 31.5 Å². The number of imidazole rings is 1. The van der Waals surface area contributed by atoms with Crippen LogP contribution in [-0.4, -0.2) is 33.7 Å². The standard InChI is InChI=1S/C16H23N5/c1-13(15-11-17-12-20(15)2)19-14-6-9-21(10-7-14)16-5-3-4-8-18-16/h3-5,8,11-14,19H,6-7,9-10H2,1-2H3/t13-/m1/s1. The molecule has 5 heteroatoms. The molecule has 0 aromatic carbocycles. The predicted molar refractivity (Wildman–Crippen MR) is 84.2 cm³/mol. The molecule has 21 heavy (non-hydrogen) atoms. The molecule has 0 unspecified atom stereocenters. The Morgan fingerprint density at radius 3 is 2.71 bits per heavy atom. The number of piperidine rings is 1. The highest BCUT2D eigenvalue weighted by Gasteiger charge is 2.22. The molecule has 1 aliphatic rings. The summed E-state index contributed by atoms with van der Waals surface area (Å²) in [5.74, 6) is 1.09. The molecule has 0 radical (unpaired) electrons. The first kappa shape index (κ1) is 14.1. The van der Waals surface area contributed by atoms with Crippen molar-refractivity contribution in [3.63, 3.8) is 0 Å². The van der Waals surface area contributed by atoms with E-state index in [1.54, 1.807) is 0 Å². The second kappa shape index (κ2) is 6.26. The lowest BCUT2D eigenvalue weighted by molar-refractivity contribution is 0.373. The third-order valence-electron chi connectivity index (χ3n) is 4.25. The lowest BCUT2D eigenvalue weighted by Crippen LogP contribution is -2.43. The molecular formula is C16H23N5. The van der Waals surface area contributed by atoms with Crippen LogP contribution >= 0.6 is 0 Å². The molecular weight excluding hydrogens is 262 g/mol. The highest BCUT2D eigenvalue weighted by atomic mass is 15.2. The number of nitrogens with one attached hydrogen (secondary N) is 1. The van der Waals surface area contributed by atoms with Gasteiger partial charge in [-0.25, -0.2) is 9.97 Å². The Bertz CT molecular complexity index is 557. The van der Waals surface area contributed by atoms with Crippen LogP contribution in [0, 0.1) is 0 Å². The maximum absolute atomic E-state index is 4.43. The van der Waals surface area contributed by atoms with Gasteiger partial charge < -0.3 is 14.8 Å². The fourth-order valence-corrected chi connectivity index (χ4v) is 3.04. The van der Waals surface area contributed by atoms with Crippen molar-refractivity contribution in [1.82, 2.24) is 19.9 Å².